The number of Topliss-reactive ketones (excluding diaryl/α,β-unsaturated/α-hetero) is 1. The van der Waals surface area contributed by atoms with Crippen LogP contribution in [-0.4, -0.2) is 125 Å². The van der Waals surface area contributed by atoms with Crippen molar-refractivity contribution in [2.75, 3.05) is 52.9 Å². The first-order chi connectivity index (χ1) is 58.2. The Kier molecular flexibility index (Phi) is 29.5. The first-order valence-corrected chi connectivity index (χ1v) is 39.1. The normalized spacial score (nSPS) is 22.7. The molecule has 9 aromatic rings. The van der Waals surface area contributed by atoms with Crippen LogP contribution in [-0.2, 0) is 89.3 Å². The van der Waals surface area contributed by atoms with Crippen molar-refractivity contribution in [3.63, 3.8) is 0 Å². The molecule has 672 valence electrons. The van der Waals surface area contributed by atoms with E-state index in [-0.39, 0.29) is 99.4 Å². The number of ether oxygens (including phenoxy) is 3. The molecule has 0 amide bonds. The lowest BCUT2D eigenvalue weighted by Crippen LogP contribution is -2.63. The number of aliphatic imine (C=N–C) groups is 2. The summed E-state index contributed by atoms with van der Waals surface area (Å²) in [7, 11) is 0. The van der Waals surface area contributed by atoms with Crippen molar-refractivity contribution in [1.82, 2.24) is 60.2 Å². The molecule has 6 aromatic carbocycles. The van der Waals surface area contributed by atoms with Crippen molar-refractivity contribution in [3.8, 4) is 0 Å². The molecule has 0 unspecified atom stereocenters. The fraction of sp³-hybridized carbons (Fsp3) is 0.458. The van der Waals surface area contributed by atoms with E-state index in [2.05, 4.69) is 56.5 Å². The van der Waals surface area contributed by atoms with Gasteiger partial charge < -0.3 is 40.4 Å². The van der Waals surface area contributed by atoms with Crippen LogP contribution in [0.2, 0.25) is 0 Å². The van der Waals surface area contributed by atoms with E-state index >= 15 is 0 Å². The van der Waals surface area contributed by atoms with Gasteiger partial charge in [-0.1, -0.05) is 112 Å². The number of H-pyrrole nitrogens is 3. The maximum atomic E-state index is 13.5. The average molecular weight is 1770 g/mol. The lowest BCUT2D eigenvalue weighted by molar-refractivity contribution is -0.145. The van der Waals surface area contributed by atoms with E-state index in [1.807, 2.05) is 62.4 Å². The molecule has 3 aliphatic heterocycles. The van der Waals surface area contributed by atoms with Gasteiger partial charge in [0.1, 0.15) is 49.1 Å². The number of aromatic nitrogens is 9. The smallest absolute Gasteiger partial charge is 0.375 e. The number of alkyl halides is 18. The Morgan fingerprint density at radius 2 is 0.629 bits per heavy atom. The zero-order valence-corrected chi connectivity index (χ0v) is 67.5. The molecule has 6 heterocycles. The van der Waals surface area contributed by atoms with Gasteiger partial charge in [-0.2, -0.15) is 94.3 Å². The van der Waals surface area contributed by atoms with Crippen LogP contribution in [0.3, 0.4) is 0 Å². The number of rotatable bonds is 26. The molecule has 3 fully saturated rings. The molecule has 9 atom stereocenters. The predicted molar refractivity (Wildman–Crippen MR) is 416 cm³/mol. The van der Waals surface area contributed by atoms with Crippen LogP contribution in [0.1, 0.15) is 184 Å². The van der Waals surface area contributed by atoms with Crippen LogP contribution in [0.4, 0.5) is 79.0 Å². The highest BCUT2D eigenvalue weighted by Gasteiger charge is 2.53. The van der Waals surface area contributed by atoms with Gasteiger partial charge in [-0.15, -0.1) is 0 Å². The Hall–Kier alpha value is -10.4. The summed E-state index contributed by atoms with van der Waals surface area (Å²) in [5.41, 5.74) is -13.4. The Balaban J connectivity index is 0.000000195. The number of carbonyl (C=O) groups excluding carboxylic acids is 1. The van der Waals surface area contributed by atoms with E-state index in [9.17, 15) is 108 Å². The van der Waals surface area contributed by atoms with Crippen molar-refractivity contribution >= 4 is 17.2 Å². The van der Waals surface area contributed by atoms with E-state index < -0.39 is 153 Å². The van der Waals surface area contributed by atoms with Gasteiger partial charge in [0.15, 0.2) is 5.78 Å². The van der Waals surface area contributed by atoms with Crippen molar-refractivity contribution in [2.24, 2.45) is 9.98 Å². The third kappa shape index (κ3) is 21.2. The van der Waals surface area contributed by atoms with E-state index in [1.54, 1.807) is 49.4 Å². The number of nitrogens with zero attached hydrogens (tertiary/aromatic N) is 8. The van der Waals surface area contributed by atoms with Gasteiger partial charge in [-0.05, 0) is 160 Å². The SMILES string of the molecule is CCC(=NCO)[C@]1(n2cn[nH]c2=O)CC[C@@](CO[C@H](C)c2cc(C(F)(F)F)cc(C(F)(F)F)c2)(c2ccccc2)NC1.CCC(=NCO)[C@]1(n2cn[nH]c2=O)CC[C@@](CO[C@H](C)c2cc(C(F)(F)F)cc(C(F)(F)F)c2)(c2ccccc2)NC1.CCC(=O)[C@]1(n2cn[nH]c2=O)CC[C@@](CO[C@H](C)c2cc(C(F)(F)F)cc(C(F)(F)F)c2)(c2ccccc2)NC1. The van der Waals surface area contributed by atoms with E-state index in [0.29, 0.717) is 86.3 Å². The van der Waals surface area contributed by atoms with Crippen molar-refractivity contribution in [2.45, 2.75) is 188 Å². The molecule has 0 bridgehead atoms. The van der Waals surface area contributed by atoms with E-state index in [4.69, 9.17) is 14.2 Å². The standard InChI is InChI=1S/2C28H31F6N5O3.C27H28F6N4O3/c2*1-3-23(35-17-40)26(39-16-37-38-24(39)41)10-9-25(36-14-26,20-7-5-4-6-8-20)15-42-18(2)19-11-21(27(29,30)31)13-22(12-19)28(32,33)34;1-3-22(38)25(37-16-35-36-23(37)39)10-9-24(34-14-25,19-7-5-4-6-8-19)15-40-17(2)18-11-20(26(28,29)30)13-21(12-18)27(31,32)33/h2*4-8,11-13,16,18,36,40H,3,9-10,14-15,17H2,1-2H3,(H,38,41);4-8,11-13,16-17,34H,3,9-10,14-15H2,1-2H3,(H,36,39)/t2*18-,25-,26+;17-,24-,25+/m111/s1. The van der Waals surface area contributed by atoms with E-state index in [1.165, 1.54) is 53.5 Å². The monoisotopic (exact) mass is 1770 g/mol. The van der Waals surface area contributed by atoms with Crippen LogP contribution >= 0.6 is 0 Å². The molecule has 0 saturated carbocycles. The summed E-state index contributed by atoms with van der Waals surface area (Å²) in [4.78, 5) is 59.3. The molecule has 3 aliphatic rings. The zero-order chi connectivity index (χ0) is 90.9. The Bertz CT molecular complexity index is 4990. The first kappa shape index (κ1) is 95.8. The minimum atomic E-state index is -4.98. The topological polar surface area (TPSA) is 298 Å². The van der Waals surface area contributed by atoms with Gasteiger partial charge in [-0.3, -0.25) is 28.5 Å². The molecule has 3 saturated heterocycles. The number of aliphatic hydroxyl groups is 2. The van der Waals surface area contributed by atoms with Gasteiger partial charge in [0, 0.05) is 37.5 Å². The van der Waals surface area contributed by atoms with Gasteiger partial charge >= 0.3 is 54.1 Å². The van der Waals surface area contributed by atoms with Crippen molar-refractivity contribution < 1.29 is 108 Å². The number of halogens is 18. The molecule has 12 rings (SSSR count). The fourth-order valence-corrected chi connectivity index (χ4v) is 16.2. The lowest BCUT2D eigenvalue weighted by atomic mass is 9.73. The Morgan fingerprint density at radius 1 is 0.387 bits per heavy atom. The highest BCUT2D eigenvalue weighted by atomic mass is 19.4. The molecule has 0 aliphatic carbocycles. The van der Waals surface area contributed by atoms with Gasteiger partial charge in [-0.25, -0.2) is 29.7 Å². The molecule has 124 heavy (non-hydrogen) atoms. The van der Waals surface area contributed by atoms with Gasteiger partial charge in [0.25, 0.3) is 0 Å². The summed E-state index contributed by atoms with van der Waals surface area (Å²) in [5, 5.41) is 47.9. The Morgan fingerprint density at radius 3 is 0.823 bits per heavy atom. The summed E-state index contributed by atoms with van der Waals surface area (Å²) in [6, 6.07) is 31.4. The summed E-state index contributed by atoms with van der Waals surface area (Å²) in [6.07, 6.45) is -26.5. The second kappa shape index (κ2) is 38.2. The van der Waals surface area contributed by atoms with Gasteiger partial charge in [0.2, 0.25) is 0 Å². The molecule has 0 spiro atoms. The number of carbonyl (C=O) groups is 1. The number of piperidine rings is 3. The van der Waals surface area contributed by atoms with Crippen molar-refractivity contribution in [3.05, 3.63) is 263 Å². The first-order valence-electron chi connectivity index (χ1n) is 39.1. The third-order valence-corrected chi connectivity index (χ3v) is 23.2. The number of aromatic amines is 3. The molecule has 41 heteroatoms. The summed E-state index contributed by atoms with van der Waals surface area (Å²) in [6.45, 7) is 8.54. The second-order valence-corrected chi connectivity index (χ2v) is 30.4. The minimum absolute atomic E-state index is 0.0214. The van der Waals surface area contributed by atoms with Gasteiger partial charge in [0.05, 0.1) is 88.1 Å². The van der Waals surface area contributed by atoms with Crippen LogP contribution in [0, 0.1) is 0 Å². The van der Waals surface area contributed by atoms with Crippen LogP contribution in [0.15, 0.2) is 189 Å². The summed E-state index contributed by atoms with van der Waals surface area (Å²) < 4.78 is 264. The third-order valence-electron chi connectivity index (χ3n) is 23.2. The second-order valence-electron chi connectivity index (χ2n) is 30.4. The summed E-state index contributed by atoms with van der Waals surface area (Å²) >= 11 is 0. The zero-order valence-electron chi connectivity index (χ0n) is 67.5. The van der Waals surface area contributed by atoms with Crippen molar-refractivity contribution in [1.29, 1.82) is 0 Å². The number of ketones is 1. The molecule has 8 N–H and O–H groups in total. The molecule has 3 aromatic heterocycles. The number of aliphatic hydroxyl groups excluding tert-OH is 2. The molecule has 23 nitrogen and oxygen atoms in total. The van der Waals surface area contributed by atoms with Crippen LogP contribution in [0.5, 0.6) is 0 Å². The number of benzene rings is 6. The molecular weight excluding hydrogens is 1680 g/mol. The number of hydrogen-bond donors (Lipinski definition) is 8. The molecule has 0 radical (unpaired) electrons. The molecular formula is C83H90F18N14O9. The Labute approximate surface area is 696 Å². The lowest BCUT2D eigenvalue weighted by Gasteiger charge is -2.48. The average Bonchev–Trinajstić information content (AvgIpc) is 1.22. The van der Waals surface area contributed by atoms with E-state index in [0.717, 1.165) is 16.7 Å². The quantitative estimate of drug-likeness (QED) is 0.0185. The number of nitrogens with one attached hydrogen (secondary N) is 6. The van der Waals surface area contributed by atoms with Crippen LogP contribution in [0.25, 0.3) is 0 Å². The maximum Gasteiger partial charge on any atom is 0.416 e. The number of hydrogen-bond acceptors (Lipinski definition) is 17. The highest BCUT2D eigenvalue weighted by Crippen LogP contribution is 2.47. The maximum absolute atomic E-state index is 13.5. The summed E-state index contributed by atoms with van der Waals surface area (Å²) in [5.74, 6) is -0.192. The predicted octanol–water partition coefficient (Wildman–Crippen LogP) is 15.7. The fourth-order valence-electron chi connectivity index (χ4n) is 16.2. The minimum Gasteiger partial charge on any atom is -0.375 e. The highest BCUT2D eigenvalue weighted by molar-refractivity contribution is 5.93. The van der Waals surface area contributed by atoms with Crippen LogP contribution < -0.4 is 33.0 Å². The largest absolute Gasteiger partial charge is 0.416 e.